The Morgan fingerprint density at radius 3 is 2.35 bits per heavy atom. The van der Waals surface area contributed by atoms with E-state index in [1.54, 1.807) is 31.2 Å². The molecule has 118 valence electrons. The van der Waals surface area contributed by atoms with Crippen molar-refractivity contribution in [2.75, 3.05) is 5.32 Å². The second kappa shape index (κ2) is 6.10. The third-order valence-corrected chi connectivity index (χ3v) is 2.98. The van der Waals surface area contributed by atoms with Crippen molar-refractivity contribution in [2.24, 2.45) is 0 Å². The highest BCUT2D eigenvalue weighted by atomic mass is 16.6. The number of anilines is 1. The summed E-state index contributed by atoms with van der Waals surface area (Å²) in [4.78, 5) is 31.8. The monoisotopic (exact) mass is 316 g/mol. The minimum atomic E-state index is -1.18. The van der Waals surface area contributed by atoms with Crippen LogP contribution < -0.4 is 10.4 Å². The SMILES string of the molecule is Cc1cccc(NC(=O)c2cc([N+](=O)[O-])cc([N+](=O)[O-])c2[O-])c1. The zero-order chi connectivity index (χ0) is 17.1. The van der Waals surface area contributed by atoms with Gasteiger partial charge in [-0.15, -0.1) is 0 Å². The summed E-state index contributed by atoms with van der Waals surface area (Å²) in [5, 5.41) is 36.0. The fraction of sp³-hybridized carbons (Fsp3) is 0.0714. The Kier molecular flexibility index (Phi) is 4.21. The van der Waals surface area contributed by atoms with Crippen LogP contribution in [-0.4, -0.2) is 15.8 Å². The molecule has 23 heavy (non-hydrogen) atoms. The molecule has 9 nitrogen and oxygen atoms in total. The van der Waals surface area contributed by atoms with Crippen molar-refractivity contribution < 1.29 is 19.7 Å². The average molecular weight is 316 g/mol. The summed E-state index contributed by atoms with van der Waals surface area (Å²) >= 11 is 0. The predicted molar refractivity (Wildman–Crippen MR) is 78.3 cm³/mol. The molecule has 0 spiro atoms. The lowest BCUT2D eigenvalue weighted by Crippen LogP contribution is -2.16. The number of carbonyl (C=O) groups is 1. The second-order valence-electron chi connectivity index (χ2n) is 4.68. The maximum absolute atomic E-state index is 12.1. The van der Waals surface area contributed by atoms with E-state index in [0.29, 0.717) is 11.8 Å². The molecule has 0 aliphatic rings. The smallest absolute Gasteiger partial charge is 0.277 e. The molecule has 0 radical (unpaired) electrons. The molecule has 0 aliphatic heterocycles. The van der Waals surface area contributed by atoms with Crippen LogP contribution >= 0.6 is 0 Å². The Hall–Kier alpha value is -3.49. The molecule has 0 bridgehead atoms. The molecule has 2 aromatic rings. The highest BCUT2D eigenvalue weighted by Crippen LogP contribution is 2.32. The second-order valence-corrected chi connectivity index (χ2v) is 4.68. The topological polar surface area (TPSA) is 138 Å². The highest BCUT2D eigenvalue weighted by molar-refractivity contribution is 6.07. The van der Waals surface area contributed by atoms with Crippen LogP contribution in [0.4, 0.5) is 17.1 Å². The van der Waals surface area contributed by atoms with E-state index in [4.69, 9.17) is 0 Å². The number of aryl methyl sites for hydroxylation is 1. The normalized spacial score (nSPS) is 10.1. The summed E-state index contributed by atoms with van der Waals surface area (Å²) < 4.78 is 0. The minimum absolute atomic E-state index is 0.364. The lowest BCUT2D eigenvalue weighted by molar-refractivity contribution is -0.403. The van der Waals surface area contributed by atoms with Gasteiger partial charge in [0.2, 0.25) is 0 Å². The first kappa shape index (κ1) is 15.9. The van der Waals surface area contributed by atoms with Gasteiger partial charge < -0.3 is 10.4 Å². The third kappa shape index (κ3) is 3.40. The lowest BCUT2D eigenvalue weighted by atomic mass is 10.1. The van der Waals surface area contributed by atoms with Gasteiger partial charge >= 0.3 is 0 Å². The molecule has 0 aromatic heterocycles. The fourth-order valence-corrected chi connectivity index (χ4v) is 1.93. The number of non-ortho nitro benzene ring substituents is 1. The van der Waals surface area contributed by atoms with Crippen molar-refractivity contribution >= 4 is 23.0 Å². The van der Waals surface area contributed by atoms with Gasteiger partial charge in [0.1, 0.15) is 0 Å². The molecule has 2 aromatic carbocycles. The lowest BCUT2D eigenvalue weighted by Gasteiger charge is -2.13. The first-order valence-electron chi connectivity index (χ1n) is 6.31. The molecule has 9 heteroatoms. The van der Waals surface area contributed by atoms with E-state index in [-0.39, 0.29) is 0 Å². The zero-order valence-electron chi connectivity index (χ0n) is 11.8. The van der Waals surface area contributed by atoms with Crippen molar-refractivity contribution in [2.45, 2.75) is 6.92 Å². The van der Waals surface area contributed by atoms with Gasteiger partial charge in [0, 0.05) is 17.3 Å². The van der Waals surface area contributed by atoms with Gasteiger partial charge in [-0.1, -0.05) is 12.1 Å². The number of carbonyl (C=O) groups excluding carboxylic acids is 1. The van der Waals surface area contributed by atoms with E-state index < -0.39 is 38.4 Å². The maximum Gasteiger partial charge on any atom is 0.277 e. The Labute approximate surface area is 129 Å². The predicted octanol–water partition coefficient (Wildman–Crippen LogP) is 2.14. The fourth-order valence-electron chi connectivity index (χ4n) is 1.93. The molecule has 0 heterocycles. The number of hydrogen-bond acceptors (Lipinski definition) is 6. The molecular weight excluding hydrogens is 306 g/mol. The number of benzene rings is 2. The average Bonchev–Trinajstić information content (AvgIpc) is 2.46. The van der Waals surface area contributed by atoms with Crippen LogP contribution in [0.15, 0.2) is 36.4 Å². The van der Waals surface area contributed by atoms with Crippen LogP contribution in [0.5, 0.6) is 5.75 Å². The van der Waals surface area contributed by atoms with Gasteiger partial charge in [0.05, 0.1) is 15.9 Å². The Morgan fingerprint density at radius 2 is 1.78 bits per heavy atom. The van der Waals surface area contributed by atoms with Gasteiger partial charge in [-0.25, -0.2) is 0 Å². The largest absolute Gasteiger partial charge is 0.867 e. The Balaban J connectivity index is 2.46. The van der Waals surface area contributed by atoms with E-state index in [1.807, 2.05) is 0 Å². The number of nitro benzene ring substituents is 2. The van der Waals surface area contributed by atoms with Crippen LogP contribution in [0, 0.1) is 27.2 Å². The molecule has 0 saturated heterocycles. The molecule has 1 N–H and O–H groups in total. The Morgan fingerprint density at radius 1 is 1.09 bits per heavy atom. The number of nitro groups is 2. The van der Waals surface area contributed by atoms with E-state index in [2.05, 4.69) is 5.32 Å². The Bertz CT molecular complexity index is 818. The molecule has 0 fully saturated rings. The summed E-state index contributed by atoms with van der Waals surface area (Å²) in [6.07, 6.45) is 0. The van der Waals surface area contributed by atoms with Crippen LogP contribution in [0.1, 0.15) is 15.9 Å². The molecule has 0 aliphatic carbocycles. The van der Waals surface area contributed by atoms with Gasteiger partial charge in [-0.05, 0) is 30.4 Å². The van der Waals surface area contributed by atoms with Crippen LogP contribution in [0.3, 0.4) is 0 Å². The molecular formula is C14H10N3O6-. The molecule has 0 unspecified atom stereocenters. The van der Waals surface area contributed by atoms with Gasteiger partial charge in [-0.3, -0.25) is 25.0 Å². The van der Waals surface area contributed by atoms with E-state index in [1.165, 1.54) is 0 Å². The molecule has 0 atom stereocenters. The minimum Gasteiger partial charge on any atom is -0.867 e. The first-order valence-corrected chi connectivity index (χ1v) is 6.31. The van der Waals surface area contributed by atoms with E-state index >= 15 is 0 Å². The summed E-state index contributed by atoms with van der Waals surface area (Å²) in [7, 11) is 0. The van der Waals surface area contributed by atoms with Gasteiger partial charge in [-0.2, -0.15) is 0 Å². The van der Waals surface area contributed by atoms with Crippen molar-refractivity contribution in [3.63, 3.8) is 0 Å². The number of nitrogens with zero attached hydrogens (tertiary/aromatic N) is 2. The van der Waals surface area contributed by atoms with Crippen molar-refractivity contribution in [1.29, 1.82) is 0 Å². The van der Waals surface area contributed by atoms with Crippen molar-refractivity contribution in [3.05, 3.63) is 67.8 Å². The number of hydrogen-bond donors (Lipinski definition) is 1. The zero-order valence-corrected chi connectivity index (χ0v) is 11.8. The summed E-state index contributed by atoms with van der Waals surface area (Å²) in [5.41, 5.74) is -1.18. The molecule has 1 amide bonds. The summed E-state index contributed by atoms with van der Waals surface area (Å²) in [6.45, 7) is 1.78. The van der Waals surface area contributed by atoms with Crippen molar-refractivity contribution in [3.8, 4) is 5.75 Å². The summed E-state index contributed by atoms with van der Waals surface area (Å²) in [6, 6.07) is 7.88. The number of nitrogens with one attached hydrogen (secondary N) is 1. The van der Waals surface area contributed by atoms with E-state index in [0.717, 1.165) is 11.6 Å². The van der Waals surface area contributed by atoms with E-state index in [9.17, 15) is 30.1 Å². The summed E-state index contributed by atoms with van der Waals surface area (Å²) in [5.74, 6) is -2.13. The number of amides is 1. The van der Waals surface area contributed by atoms with Crippen LogP contribution in [0.2, 0.25) is 0 Å². The first-order chi connectivity index (χ1) is 10.8. The third-order valence-electron chi connectivity index (χ3n) is 2.98. The molecule has 2 rings (SSSR count). The van der Waals surface area contributed by atoms with Crippen molar-refractivity contribution in [1.82, 2.24) is 0 Å². The highest BCUT2D eigenvalue weighted by Gasteiger charge is 2.22. The quantitative estimate of drug-likeness (QED) is 0.677. The molecule has 0 saturated carbocycles. The van der Waals surface area contributed by atoms with Gasteiger partial charge in [0.15, 0.2) is 0 Å². The van der Waals surface area contributed by atoms with Crippen LogP contribution in [0.25, 0.3) is 0 Å². The van der Waals surface area contributed by atoms with Gasteiger partial charge in [0.25, 0.3) is 17.3 Å². The standard InChI is InChI=1S/C14H11N3O6/c1-8-3-2-4-9(5-8)15-14(19)11-6-10(16(20)21)7-12(13(11)18)17(22)23/h2-7,18H,1H3,(H,15,19)/p-1. The van der Waals surface area contributed by atoms with Crippen LogP contribution in [-0.2, 0) is 0 Å². The number of rotatable bonds is 4. The maximum atomic E-state index is 12.1.